The molecule has 1 saturated carbocycles. The van der Waals surface area contributed by atoms with Gasteiger partial charge in [0.05, 0.1) is 11.3 Å². The van der Waals surface area contributed by atoms with E-state index in [1.165, 1.54) is 6.07 Å². The largest absolute Gasteiger partial charge is 0.305 e. The van der Waals surface area contributed by atoms with Crippen LogP contribution in [0.15, 0.2) is 47.3 Å². The lowest BCUT2D eigenvalue weighted by atomic mass is 10.1. The lowest BCUT2D eigenvalue weighted by Crippen LogP contribution is -2.25. The SMILES string of the molecule is O=C(Cl)c1ccc(-c2ccccc2)n(C2CC2)c1=O. The molecule has 1 aromatic carbocycles. The van der Waals surface area contributed by atoms with Crippen LogP contribution in [0.25, 0.3) is 11.3 Å². The summed E-state index contributed by atoms with van der Waals surface area (Å²) >= 11 is 5.45. The van der Waals surface area contributed by atoms with Crippen molar-refractivity contribution in [3.05, 3.63) is 58.4 Å². The molecule has 4 heteroatoms. The van der Waals surface area contributed by atoms with Crippen LogP contribution in [-0.2, 0) is 0 Å². The first-order valence-corrected chi connectivity index (χ1v) is 6.57. The molecule has 0 spiro atoms. The van der Waals surface area contributed by atoms with Gasteiger partial charge in [0.25, 0.3) is 10.8 Å². The van der Waals surface area contributed by atoms with Crippen LogP contribution in [-0.4, -0.2) is 9.81 Å². The third kappa shape index (κ3) is 2.22. The fourth-order valence-electron chi connectivity index (χ4n) is 2.24. The minimum Gasteiger partial charge on any atom is -0.305 e. The van der Waals surface area contributed by atoms with Gasteiger partial charge in [-0.15, -0.1) is 0 Å². The lowest BCUT2D eigenvalue weighted by molar-refractivity contribution is 0.107. The summed E-state index contributed by atoms with van der Waals surface area (Å²) in [5, 5.41) is -0.695. The molecule has 0 saturated heterocycles. The number of halogens is 1. The van der Waals surface area contributed by atoms with Crippen molar-refractivity contribution in [2.45, 2.75) is 18.9 Å². The summed E-state index contributed by atoms with van der Waals surface area (Å²) in [4.78, 5) is 23.6. The van der Waals surface area contributed by atoms with E-state index >= 15 is 0 Å². The highest BCUT2D eigenvalue weighted by atomic mass is 35.5. The third-order valence-electron chi connectivity index (χ3n) is 3.31. The van der Waals surface area contributed by atoms with E-state index < -0.39 is 5.24 Å². The predicted molar refractivity (Wildman–Crippen MR) is 74.6 cm³/mol. The molecular formula is C15H12ClNO2. The second kappa shape index (κ2) is 4.67. The summed E-state index contributed by atoms with van der Waals surface area (Å²) < 4.78 is 1.70. The zero-order valence-corrected chi connectivity index (χ0v) is 10.9. The van der Waals surface area contributed by atoms with Gasteiger partial charge in [0.1, 0.15) is 0 Å². The quantitative estimate of drug-likeness (QED) is 0.806. The zero-order valence-electron chi connectivity index (χ0n) is 10.2. The van der Waals surface area contributed by atoms with Crippen LogP contribution in [0.4, 0.5) is 0 Å². The van der Waals surface area contributed by atoms with Crippen LogP contribution in [0.3, 0.4) is 0 Å². The van der Waals surface area contributed by atoms with E-state index in [2.05, 4.69) is 0 Å². The number of nitrogens with zero attached hydrogens (tertiary/aromatic N) is 1. The Balaban J connectivity index is 2.24. The zero-order chi connectivity index (χ0) is 13.4. The number of hydrogen-bond acceptors (Lipinski definition) is 2. The van der Waals surface area contributed by atoms with E-state index in [0.717, 1.165) is 24.1 Å². The molecule has 0 N–H and O–H groups in total. The van der Waals surface area contributed by atoms with Crippen LogP contribution < -0.4 is 5.56 Å². The van der Waals surface area contributed by atoms with Crippen LogP contribution in [0.2, 0.25) is 0 Å². The van der Waals surface area contributed by atoms with Crippen molar-refractivity contribution in [1.29, 1.82) is 0 Å². The second-order valence-corrected chi connectivity index (χ2v) is 5.02. The van der Waals surface area contributed by atoms with Gasteiger partial charge in [-0.25, -0.2) is 0 Å². The molecule has 2 aromatic rings. The molecule has 0 radical (unpaired) electrons. The smallest absolute Gasteiger partial charge is 0.263 e. The molecule has 0 atom stereocenters. The fourth-order valence-corrected chi connectivity index (χ4v) is 2.39. The highest BCUT2D eigenvalue weighted by molar-refractivity contribution is 6.67. The maximum Gasteiger partial charge on any atom is 0.263 e. The van der Waals surface area contributed by atoms with Crippen LogP contribution in [0.1, 0.15) is 29.2 Å². The molecule has 0 bridgehead atoms. The number of rotatable bonds is 3. The first-order chi connectivity index (χ1) is 9.18. The van der Waals surface area contributed by atoms with Crippen LogP contribution in [0, 0.1) is 0 Å². The number of hydrogen-bond donors (Lipinski definition) is 0. The average molecular weight is 274 g/mol. The summed E-state index contributed by atoms with van der Waals surface area (Å²) in [5.41, 5.74) is 1.58. The van der Waals surface area contributed by atoms with Gasteiger partial charge in [-0.3, -0.25) is 9.59 Å². The van der Waals surface area contributed by atoms with Gasteiger partial charge in [-0.1, -0.05) is 30.3 Å². The molecule has 1 aliphatic carbocycles. The number of aromatic nitrogens is 1. The predicted octanol–water partition coefficient (Wildman–Crippen LogP) is 3.23. The summed E-state index contributed by atoms with van der Waals surface area (Å²) in [5.74, 6) is 0. The van der Waals surface area contributed by atoms with Crippen LogP contribution in [0.5, 0.6) is 0 Å². The summed E-state index contributed by atoms with van der Waals surface area (Å²) in [6.07, 6.45) is 1.94. The molecule has 19 heavy (non-hydrogen) atoms. The van der Waals surface area contributed by atoms with E-state index in [0.29, 0.717) is 0 Å². The van der Waals surface area contributed by atoms with Crippen molar-refractivity contribution < 1.29 is 4.79 Å². The van der Waals surface area contributed by atoms with Crippen molar-refractivity contribution >= 4 is 16.8 Å². The van der Waals surface area contributed by atoms with Gasteiger partial charge in [-0.05, 0) is 42.1 Å². The molecule has 0 unspecified atom stereocenters. The molecule has 3 nitrogen and oxygen atoms in total. The van der Waals surface area contributed by atoms with E-state index in [4.69, 9.17) is 11.6 Å². The lowest BCUT2D eigenvalue weighted by Gasteiger charge is -2.13. The minimum absolute atomic E-state index is 0.0493. The Morgan fingerprint density at radius 2 is 1.79 bits per heavy atom. The van der Waals surface area contributed by atoms with E-state index in [9.17, 15) is 9.59 Å². The van der Waals surface area contributed by atoms with Gasteiger partial charge >= 0.3 is 0 Å². The van der Waals surface area contributed by atoms with Crippen molar-refractivity contribution in [3.8, 4) is 11.3 Å². The van der Waals surface area contributed by atoms with Gasteiger partial charge < -0.3 is 4.57 Å². The summed E-state index contributed by atoms with van der Waals surface area (Å²) in [6.45, 7) is 0. The Labute approximate surface area is 115 Å². The summed E-state index contributed by atoms with van der Waals surface area (Å²) in [7, 11) is 0. The number of pyridine rings is 1. The maximum absolute atomic E-state index is 12.3. The van der Waals surface area contributed by atoms with Gasteiger partial charge in [0.2, 0.25) is 0 Å². The normalized spacial score (nSPS) is 14.4. The molecule has 0 aliphatic heterocycles. The molecule has 1 heterocycles. The average Bonchev–Trinajstić information content (AvgIpc) is 3.23. The molecule has 1 aliphatic rings. The highest BCUT2D eigenvalue weighted by Gasteiger charge is 2.28. The van der Waals surface area contributed by atoms with E-state index in [-0.39, 0.29) is 17.2 Å². The Hall–Kier alpha value is -1.87. The number of carbonyl (C=O) groups is 1. The van der Waals surface area contributed by atoms with E-state index in [1.54, 1.807) is 10.6 Å². The first-order valence-electron chi connectivity index (χ1n) is 6.19. The Morgan fingerprint density at radius 1 is 1.11 bits per heavy atom. The van der Waals surface area contributed by atoms with Crippen molar-refractivity contribution in [3.63, 3.8) is 0 Å². The van der Waals surface area contributed by atoms with Crippen LogP contribution >= 0.6 is 11.6 Å². The third-order valence-corrected chi connectivity index (χ3v) is 3.51. The topological polar surface area (TPSA) is 39.1 Å². The molecular weight excluding hydrogens is 262 g/mol. The molecule has 96 valence electrons. The van der Waals surface area contributed by atoms with Gasteiger partial charge in [0.15, 0.2) is 0 Å². The second-order valence-electron chi connectivity index (χ2n) is 4.68. The summed E-state index contributed by atoms with van der Waals surface area (Å²) in [6, 6.07) is 13.2. The Morgan fingerprint density at radius 3 is 2.37 bits per heavy atom. The van der Waals surface area contributed by atoms with Crippen molar-refractivity contribution in [2.24, 2.45) is 0 Å². The van der Waals surface area contributed by atoms with Gasteiger partial charge in [-0.2, -0.15) is 0 Å². The van der Waals surface area contributed by atoms with Crippen molar-refractivity contribution in [1.82, 2.24) is 4.57 Å². The molecule has 1 aromatic heterocycles. The molecule has 1 fully saturated rings. The first kappa shape index (κ1) is 12.2. The van der Waals surface area contributed by atoms with Crippen molar-refractivity contribution in [2.75, 3.05) is 0 Å². The molecule has 3 rings (SSSR count). The highest BCUT2D eigenvalue weighted by Crippen LogP contribution is 2.37. The molecule has 0 amide bonds. The van der Waals surface area contributed by atoms with E-state index in [1.807, 2.05) is 30.3 Å². The Bertz CT molecular complexity index is 687. The monoisotopic (exact) mass is 273 g/mol. The number of carbonyl (C=O) groups excluding carboxylic acids is 1. The Kier molecular flexibility index (Phi) is 2.99. The fraction of sp³-hybridized carbons (Fsp3) is 0.200. The maximum atomic E-state index is 12.3. The standard InChI is InChI=1S/C15H12ClNO2/c16-14(18)12-8-9-13(10-4-2-1-3-5-10)17(15(12)19)11-6-7-11/h1-5,8-9,11H,6-7H2. The number of benzene rings is 1. The minimum atomic E-state index is -0.695. The van der Waals surface area contributed by atoms with Gasteiger partial charge in [0, 0.05) is 6.04 Å².